The fourth-order valence-corrected chi connectivity index (χ4v) is 6.15. The van der Waals surface area contributed by atoms with Crippen molar-refractivity contribution in [2.45, 2.75) is 32.7 Å². The zero-order chi connectivity index (χ0) is 30.5. The summed E-state index contributed by atoms with van der Waals surface area (Å²) in [6, 6.07) is 17.1. The lowest BCUT2D eigenvalue weighted by Gasteiger charge is -2.43. The molecule has 2 aliphatic rings. The quantitative estimate of drug-likeness (QED) is 0.239. The summed E-state index contributed by atoms with van der Waals surface area (Å²) in [6.07, 6.45) is 5.53. The summed E-state index contributed by atoms with van der Waals surface area (Å²) in [5, 5.41) is 6.74. The molecular formula is C34H41FN8O. The number of rotatable bonds is 9. The Bertz CT molecular complexity index is 1570. The summed E-state index contributed by atoms with van der Waals surface area (Å²) >= 11 is 0. The van der Waals surface area contributed by atoms with Crippen molar-refractivity contribution in [3.05, 3.63) is 78.5 Å². The molecule has 0 radical (unpaired) electrons. The van der Waals surface area contributed by atoms with Gasteiger partial charge in [-0.2, -0.15) is 0 Å². The minimum absolute atomic E-state index is 0.313. The number of halogens is 1. The molecular weight excluding hydrogens is 555 g/mol. The van der Waals surface area contributed by atoms with Crippen molar-refractivity contribution in [3.8, 4) is 17.0 Å². The molecule has 0 saturated carbocycles. The van der Waals surface area contributed by atoms with Crippen molar-refractivity contribution >= 4 is 28.7 Å². The van der Waals surface area contributed by atoms with Crippen LogP contribution in [0.1, 0.15) is 25.3 Å². The van der Waals surface area contributed by atoms with E-state index in [1.165, 1.54) is 49.6 Å². The van der Waals surface area contributed by atoms with Gasteiger partial charge in [-0.05, 0) is 69.6 Å². The topological polar surface area (TPSA) is 81.7 Å². The van der Waals surface area contributed by atoms with Crippen LogP contribution in [0.2, 0.25) is 0 Å². The van der Waals surface area contributed by atoms with E-state index in [2.05, 4.69) is 66.4 Å². The number of nitrogens with one attached hydrogen (secondary N) is 2. The minimum Gasteiger partial charge on any atom is -0.492 e. The Morgan fingerprint density at radius 3 is 2.39 bits per heavy atom. The lowest BCUT2D eigenvalue weighted by Crippen LogP contribution is -2.52. The van der Waals surface area contributed by atoms with E-state index >= 15 is 0 Å². The second kappa shape index (κ2) is 13.6. The maximum absolute atomic E-state index is 14.3. The highest BCUT2D eigenvalue weighted by Crippen LogP contribution is 2.37. The first-order chi connectivity index (χ1) is 21.5. The number of anilines is 5. The maximum Gasteiger partial charge on any atom is 0.144 e. The lowest BCUT2D eigenvalue weighted by atomic mass is 10.0. The zero-order valence-corrected chi connectivity index (χ0v) is 25.8. The van der Waals surface area contributed by atoms with Gasteiger partial charge in [0.05, 0.1) is 18.0 Å². The Labute approximate surface area is 259 Å². The molecule has 2 saturated heterocycles. The molecule has 230 valence electrons. The highest BCUT2D eigenvalue weighted by Gasteiger charge is 2.27. The van der Waals surface area contributed by atoms with Crippen LogP contribution in [0.4, 0.5) is 33.1 Å². The largest absolute Gasteiger partial charge is 0.492 e. The molecule has 0 bridgehead atoms. The second-order valence-electron chi connectivity index (χ2n) is 11.6. The van der Waals surface area contributed by atoms with Crippen LogP contribution in [-0.2, 0) is 0 Å². The number of ether oxygens (including phenoxy) is 1. The lowest BCUT2D eigenvalue weighted by molar-refractivity contribution is 0.0982. The summed E-state index contributed by atoms with van der Waals surface area (Å²) in [6.45, 7) is 11.5. The Hall–Kier alpha value is -4.28. The molecule has 4 aromatic rings. The van der Waals surface area contributed by atoms with Crippen molar-refractivity contribution in [3.63, 3.8) is 0 Å². The third-order valence-electron chi connectivity index (χ3n) is 8.57. The maximum atomic E-state index is 14.3. The second-order valence-corrected chi connectivity index (χ2v) is 11.6. The molecule has 2 N–H and O–H groups in total. The van der Waals surface area contributed by atoms with Gasteiger partial charge in [0.1, 0.15) is 29.5 Å². The van der Waals surface area contributed by atoms with Crippen molar-refractivity contribution < 1.29 is 9.13 Å². The zero-order valence-electron chi connectivity index (χ0n) is 25.8. The van der Waals surface area contributed by atoms with E-state index < -0.39 is 0 Å². The number of piperidine rings is 1. The van der Waals surface area contributed by atoms with Gasteiger partial charge in [-0.15, -0.1) is 0 Å². The van der Waals surface area contributed by atoms with E-state index in [4.69, 9.17) is 4.74 Å². The molecule has 2 fully saturated rings. The Kier molecular flexibility index (Phi) is 9.18. The normalized spacial score (nSPS) is 16.6. The molecule has 9 nitrogen and oxygen atoms in total. The Morgan fingerprint density at radius 1 is 0.886 bits per heavy atom. The predicted octanol–water partition coefficient (Wildman–Crippen LogP) is 6.09. The molecule has 2 aliphatic heterocycles. The van der Waals surface area contributed by atoms with Crippen LogP contribution in [0.15, 0.2) is 67.1 Å². The summed E-state index contributed by atoms with van der Waals surface area (Å²) in [4.78, 5) is 20.8. The van der Waals surface area contributed by atoms with Gasteiger partial charge in [0.25, 0.3) is 0 Å². The fraction of sp³-hybridized carbons (Fsp3) is 0.382. The molecule has 0 amide bonds. The van der Waals surface area contributed by atoms with Crippen molar-refractivity contribution in [2.24, 2.45) is 0 Å². The van der Waals surface area contributed by atoms with E-state index in [0.717, 1.165) is 43.3 Å². The van der Waals surface area contributed by atoms with E-state index in [9.17, 15) is 4.39 Å². The van der Waals surface area contributed by atoms with Crippen LogP contribution in [0.3, 0.4) is 0 Å². The number of aryl methyl sites for hydroxylation is 1. The van der Waals surface area contributed by atoms with Gasteiger partial charge in [-0.3, -0.25) is 9.88 Å². The number of piperazine rings is 1. The molecule has 44 heavy (non-hydrogen) atoms. The van der Waals surface area contributed by atoms with E-state index in [-0.39, 0.29) is 5.82 Å². The Balaban J connectivity index is 1.15. The fourth-order valence-electron chi connectivity index (χ4n) is 6.15. The van der Waals surface area contributed by atoms with Crippen molar-refractivity contribution in [2.75, 3.05) is 68.5 Å². The predicted molar refractivity (Wildman–Crippen MR) is 175 cm³/mol. The first-order valence-electron chi connectivity index (χ1n) is 15.5. The average Bonchev–Trinajstić information content (AvgIpc) is 3.03. The number of hydrogen-bond donors (Lipinski definition) is 2. The Morgan fingerprint density at radius 2 is 1.64 bits per heavy atom. The number of hydrogen-bond acceptors (Lipinski definition) is 9. The number of aromatic nitrogens is 3. The molecule has 10 heteroatoms. The SMILES string of the molecule is CCOc1cc(N2CCC(N3CCN(C)CC3)CC2)c(C)cc1Nc1cc(Nc2ccnc(-c3ccccc3F)c2)ncn1. The van der Waals surface area contributed by atoms with Gasteiger partial charge < -0.3 is 25.2 Å². The number of likely N-dealkylation sites (N-methyl/N-ethyl adjacent to an activating group) is 1. The van der Waals surface area contributed by atoms with Crippen LogP contribution >= 0.6 is 0 Å². The van der Waals surface area contributed by atoms with Crippen LogP contribution in [-0.4, -0.2) is 83.7 Å². The highest BCUT2D eigenvalue weighted by molar-refractivity contribution is 5.73. The van der Waals surface area contributed by atoms with Crippen molar-refractivity contribution in [1.29, 1.82) is 0 Å². The molecule has 0 atom stereocenters. The number of benzene rings is 2. The van der Waals surface area contributed by atoms with Gasteiger partial charge in [0.15, 0.2) is 0 Å². The molecule has 0 unspecified atom stereocenters. The van der Waals surface area contributed by atoms with E-state index in [1.807, 2.05) is 19.1 Å². The van der Waals surface area contributed by atoms with Crippen LogP contribution in [0.25, 0.3) is 11.3 Å². The van der Waals surface area contributed by atoms with Crippen LogP contribution in [0, 0.1) is 12.7 Å². The van der Waals surface area contributed by atoms with Gasteiger partial charge in [0, 0.05) is 80.6 Å². The molecule has 0 aliphatic carbocycles. The molecule has 6 rings (SSSR count). The number of nitrogens with zero attached hydrogens (tertiary/aromatic N) is 6. The molecule has 4 heterocycles. The standard InChI is InChI=1S/C34H41FN8O/c1-4-44-32-21-31(43-13-10-26(11-14-43)42-17-15-41(3)16-18-42)24(2)19-30(32)40-34-22-33(37-23-38-34)39-25-9-12-36-29(20-25)27-7-5-6-8-28(27)35/h5-9,12,19-23,26H,4,10-11,13-18H2,1-3H3,(H2,36,37,38,39,40). The molecule has 2 aromatic carbocycles. The van der Waals surface area contributed by atoms with Crippen LogP contribution in [0.5, 0.6) is 5.75 Å². The first kappa shape index (κ1) is 29.8. The van der Waals surface area contributed by atoms with Crippen LogP contribution < -0.4 is 20.3 Å². The van der Waals surface area contributed by atoms with Gasteiger partial charge in [0.2, 0.25) is 0 Å². The first-order valence-corrected chi connectivity index (χ1v) is 15.5. The van der Waals surface area contributed by atoms with Gasteiger partial charge >= 0.3 is 0 Å². The summed E-state index contributed by atoms with van der Waals surface area (Å²) in [5.74, 6) is 1.72. The minimum atomic E-state index is -0.313. The monoisotopic (exact) mass is 596 g/mol. The van der Waals surface area contributed by atoms with E-state index in [0.29, 0.717) is 35.5 Å². The van der Waals surface area contributed by atoms with E-state index in [1.54, 1.807) is 30.5 Å². The van der Waals surface area contributed by atoms with Gasteiger partial charge in [-0.25, -0.2) is 14.4 Å². The van der Waals surface area contributed by atoms with Crippen molar-refractivity contribution in [1.82, 2.24) is 24.8 Å². The molecule has 2 aromatic heterocycles. The third kappa shape index (κ3) is 6.92. The average molecular weight is 597 g/mol. The summed E-state index contributed by atoms with van der Waals surface area (Å²) < 4.78 is 20.4. The summed E-state index contributed by atoms with van der Waals surface area (Å²) in [5.41, 5.74) is 5.01. The third-order valence-corrected chi connectivity index (χ3v) is 8.57. The highest BCUT2D eigenvalue weighted by atomic mass is 19.1. The number of pyridine rings is 1. The molecule has 0 spiro atoms. The smallest absolute Gasteiger partial charge is 0.144 e. The van der Waals surface area contributed by atoms with Gasteiger partial charge in [-0.1, -0.05) is 12.1 Å². The summed E-state index contributed by atoms with van der Waals surface area (Å²) in [7, 11) is 2.21.